The highest BCUT2D eigenvalue weighted by atomic mass is 16.6. The predicted octanol–water partition coefficient (Wildman–Crippen LogP) is 3.81. The maximum Gasteiger partial charge on any atom is 0.410 e. The van der Waals surface area contributed by atoms with Gasteiger partial charge in [0, 0.05) is 37.8 Å². The lowest BCUT2D eigenvalue weighted by atomic mass is 10.2. The molecule has 0 radical (unpaired) electrons. The third kappa shape index (κ3) is 6.20. The second-order valence-electron chi connectivity index (χ2n) is 7.97. The van der Waals surface area contributed by atoms with E-state index in [9.17, 15) is 9.59 Å². The van der Waals surface area contributed by atoms with Crippen molar-refractivity contribution in [1.29, 1.82) is 0 Å². The van der Waals surface area contributed by atoms with E-state index in [1.165, 1.54) is 14.2 Å². The minimum atomic E-state index is -0.311. The summed E-state index contributed by atoms with van der Waals surface area (Å²) in [5.74, 6) is 1.56. The fourth-order valence-corrected chi connectivity index (χ4v) is 3.72. The Morgan fingerprint density at radius 1 is 0.914 bits per heavy atom. The second-order valence-corrected chi connectivity index (χ2v) is 7.97. The summed E-state index contributed by atoms with van der Waals surface area (Å²) in [7, 11) is 3.07. The fraction of sp³-hybridized carbons (Fsp3) is 0.269. The molecule has 9 nitrogen and oxygen atoms in total. The number of aromatic nitrogens is 1. The quantitative estimate of drug-likeness (QED) is 0.554. The van der Waals surface area contributed by atoms with Crippen molar-refractivity contribution in [2.45, 2.75) is 6.61 Å². The average molecular weight is 477 g/mol. The van der Waals surface area contributed by atoms with Crippen LogP contribution < -0.4 is 19.7 Å². The van der Waals surface area contributed by atoms with E-state index in [0.717, 1.165) is 11.4 Å². The molecule has 0 bridgehead atoms. The minimum absolute atomic E-state index is 0.261. The highest BCUT2D eigenvalue weighted by Gasteiger charge is 2.23. The zero-order valence-corrected chi connectivity index (χ0v) is 19.8. The topological polar surface area (TPSA) is 93.2 Å². The van der Waals surface area contributed by atoms with E-state index in [0.29, 0.717) is 48.9 Å². The van der Waals surface area contributed by atoms with Crippen molar-refractivity contribution in [3.8, 4) is 11.5 Å². The number of rotatable bonds is 7. The van der Waals surface area contributed by atoms with Gasteiger partial charge in [0.1, 0.15) is 23.9 Å². The standard InChI is InChI=1S/C26H28N4O5/c1-33-22-14-20(15-23(16-22)34-2)25(31)28-21-8-9-24(27-17-21)29-10-12-30(13-11-29)26(32)35-18-19-6-4-3-5-7-19/h3-9,14-17H,10-13,18H2,1-2H3,(H,28,31). The molecule has 4 rings (SSSR count). The van der Waals surface area contributed by atoms with E-state index in [4.69, 9.17) is 14.2 Å². The van der Waals surface area contributed by atoms with Crippen LogP contribution in [-0.4, -0.2) is 62.3 Å². The zero-order chi connectivity index (χ0) is 24.6. The van der Waals surface area contributed by atoms with Gasteiger partial charge in [-0.1, -0.05) is 30.3 Å². The van der Waals surface area contributed by atoms with Gasteiger partial charge in [0.05, 0.1) is 26.1 Å². The van der Waals surface area contributed by atoms with E-state index in [2.05, 4.69) is 15.2 Å². The van der Waals surface area contributed by atoms with E-state index in [1.807, 2.05) is 36.4 Å². The van der Waals surface area contributed by atoms with Crippen LogP contribution in [0.15, 0.2) is 66.9 Å². The molecule has 182 valence electrons. The number of nitrogens with one attached hydrogen (secondary N) is 1. The first-order valence-electron chi connectivity index (χ1n) is 11.3. The van der Waals surface area contributed by atoms with Crippen molar-refractivity contribution >= 4 is 23.5 Å². The number of carbonyl (C=O) groups excluding carboxylic acids is 2. The van der Waals surface area contributed by atoms with Gasteiger partial charge < -0.3 is 29.3 Å². The van der Waals surface area contributed by atoms with E-state index >= 15 is 0 Å². The molecule has 2 heterocycles. The molecule has 1 aromatic heterocycles. The van der Waals surface area contributed by atoms with Gasteiger partial charge in [-0.15, -0.1) is 0 Å². The van der Waals surface area contributed by atoms with Gasteiger partial charge in [0.25, 0.3) is 5.91 Å². The van der Waals surface area contributed by atoms with Crippen molar-refractivity contribution < 1.29 is 23.8 Å². The van der Waals surface area contributed by atoms with E-state index < -0.39 is 0 Å². The van der Waals surface area contributed by atoms with Crippen molar-refractivity contribution in [2.24, 2.45) is 0 Å². The number of carbonyl (C=O) groups is 2. The molecule has 1 N–H and O–H groups in total. The lowest BCUT2D eigenvalue weighted by Gasteiger charge is -2.34. The number of methoxy groups -OCH3 is 2. The van der Waals surface area contributed by atoms with Gasteiger partial charge in [-0.25, -0.2) is 9.78 Å². The molecule has 0 aliphatic carbocycles. The van der Waals surface area contributed by atoms with Crippen LogP contribution in [0.2, 0.25) is 0 Å². The van der Waals surface area contributed by atoms with Crippen LogP contribution in [0.5, 0.6) is 11.5 Å². The summed E-state index contributed by atoms with van der Waals surface area (Å²) in [5, 5.41) is 2.84. The Hall–Kier alpha value is -4.27. The van der Waals surface area contributed by atoms with Gasteiger partial charge in [-0.05, 0) is 29.8 Å². The molecule has 1 saturated heterocycles. The van der Waals surface area contributed by atoms with Crippen LogP contribution in [0, 0.1) is 0 Å². The molecule has 0 atom stereocenters. The summed E-state index contributed by atoms with van der Waals surface area (Å²) in [6.07, 6.45) is 1.30. The van der Waals surface area contributed by atoms with Crippen LogP contribution in [0.1, 0.15) is 15.9 Å². The zero-order valence-electron chi connectivity index (χ0n) is 19.8. The van der Waals surface area contributed by atoms with Crippen LogP contribution in [0.3, 0.4) is 0 Å². The SMILES string of the molecule is COc1cc(OC)cc(C(=O)Nc2ccc(N3CCN(C(=O)OCc4ccccc4)CC3)nc2)c1. The number of nitrogens with zero attached hydrogens (tertiary/aromatic N) is 3. The fourth-order valence-electron chi connectivity index (χ4n) is 3.72. The highest BCUT2D eigenvalue weighted by molar-refractivity contribution is 6.04. The number of anilines is 2. The van der Waals surface area contributed by atoms with Crippen molar-refractivity contribution in [1.82, 2.24) is 9.88 Å². The molecule has 2 amide bonds. The molecule has 1 aliphatic heterocycles. The number of ether oxygens (including phenoxy) is 3. The molecule has 1 aliphatic rings. The number of amides is 2. The van der Waals surface area contributed by atoms with Crippen LogP contribution in [0.25, 0.3) is 0 Å². The number of piperazine rings is 1. The maximum absolute atomic E-state index is 12.7. The first-order chi connectivity index (χ1) is 17.1. The van der Waals surface area contributed by atoms with Crippen LogP contribution in [0.4, 0.5) is 16.3 Å². The monoisotopic (exact) mass is 476 g/mol. The number of benzene rings is 2. The normalized spacial score (nSPS) is 13.2. The van der Waals surface area contributed by atoms with E-state index in [1.54, 1.807) is 35.4 Å². The van der Waals surface area contributed by atoms with E-state index in [-0.39, 0.29) is 18.6 Å². The van der Waals surface area contributed by atoms with Gasteiger partial charge in [0.15, 0.2) is 0 Å². The Morgan fingerprint density at radius 2 is 1.60 bits per heavy atom. The molecular weight excluding hydrogens is 448 g/mol. The summed E-state index contributed by atoms with van der Waals surface area (Å²) in [4.78, 5) is 33.3. The Bertz CT molecular complexity index is 1120. The van der Waals surface area contributed by atoms with Gasteiger partial charge in [-0.3, -0.25) is 4.79 Å². The Kier molecular flexibility index (Phi) is 7.67. The average Bonchev–Trinajstić information content (AvgIpc) is 2.92. The summed E-state index contributed by atoms with van der Waals surface area (Å²) in [6, 6.07) is 18.3. The van der Waals surface area contributed by atoms with Gasteiger partial charge in [0.2, 0.25) is 0 Å². The Labute approximate surface area is 204 Å². The summed E-state index contributed by atoms with van der Waals surface area (Å²) in [6.45, 7) is 2.64. The summed E-state index contributed by atoms with van der Waals surface area (Å²) in [5.41, 5.74) is 1.95. The number of hydrogen-bond donors (Lipinski definition) is 1. The number of hydrogen-bond acceptors (Lipinski definition) is 7. The molecule has 0 unspecified atom stereocenters. The van der Waals surface area contributed by atoms with Gasteiger partial charge >= 0.3 is 6.09 Å². The number of pyridine rings is 1. The third-order valence-corrected chi connectivity index (χ3v) is 5.69. The smallest absolute Gasteiger partial charge is 0.410 e. The maximum atomic E-state index is 12.7. The summed E-state index contributed by atoms with van der Waals surface area (Å²) < 4.78 is 15.9. The molecule has 1 fully saturated rings. The first-order valence-corrected chi connectivity index (χ1v) is 11.3. The van der Waals surface area contributed by atoms with Crippen LogP contribution >= 0.6 is 0 Å². The Balaban J connectivity index is 1.28. The molecule has 35 heavy (non-hydrogen) atoms. The van der Waals surface area contributed by atoms with Gasteiger partial charge in [-0.2, -0.15) is 0 Å². The second kappa shape index (κ2) is 11.2. The molecular formula is C26H28N4O5. The van der Waals surface area contributed by atoms with Crippen molar-refractivity contribution in [3.63, 3.8) is 0 Å². The van der Waals surface area contributed by atoms with Crippen molar-refractivity contribution in [2.75, 3.05) is 50.6 Å². The molecule has 0 spiro atoms. The minimum Gasteiger partial charge on any atom is -0.497 e. The first kappa shape index (κ1) is 23.9. The molecule has 2 aromatic carbocycles. The molecule has 9 heteroatoms. The third-order valence-electron chi connectivity index (χ3n) is 5.69. The predicted molar refractivity (Wildman–Crippen MR) is 132 cm³/mol. The van der Waals surface area contributed by atoms with Crippen molar-refractivity contribution in [3.05, 3.63) is 78.0 Å². The highest BCUT2D eigenvalue weighted by Crippen LogP contribution is 2.24. The largest absolute Gasteiger partial charge is 0.497 e. The Morgan fingerprint density at radius 3 is 2.20 bits per heavy atom. The lowest BCUT2D eigenvalue weighted by Crippen LogP contribution is -2.49. The lowest BCUT2D eigenvalue weighted by molar-refractivity contribution is 0.0941. The summed E-state index contributed by atoms with van der Waals surface area (Å²) >= 11 is 0. The van der Waals surface area contributed by atoms with Crippen LogP contribution in [-0.2, 0) is 11.3 Å². The molecule has 3 aromatic rings. The molecule has 0 saturated carbocycles.